The van der Waals surface area contributed by atoms with Gasteiger partial charge in [0, 0.05) is 12.6 Å². The number of rotatable bonds is 3. The highest BCUT2D eigenvalue weighted by molar-refractivity contribution is 4.74. The van der Waals surface area contributed by atoms with Crippen LogP contribution in [0.1, 0.15) is 52.9 Å². The fourth-order valence-electron chi connectivity index (χ4n) is 1.79. The van der Waals surface area contributed by atoms with Crippen LogP contribution in [0.15, 0.2) is 0 Å². The van der Waals surface area contributed by atoms with E-state index in [1.54, 1.807) is 0 Å². The third-order valence-corrected chi connectivity index (χ3v) is 2.92. The molecule has 0 bridgehead atoms. The molecule has 0 aromatic heterocycles. The summed E-state index contributed by atoms with van der Waals surface area (Å²) in [4.78, 5) is 0. The van der Waals surface area contributed by atoms with E-state index in [1.165, 1.54) is 0 Å². The first-order valence-electron chi connectivity index (χ1n) is 5.84. The number of hydrogen-bond donors (Lipinski definition) is 1. The van der Waals surface area contributed by atoms with Gasteiger partial charge >= 0.3 is 0 Å². The summed E-state index contributed by atoms with van der Waals surface area (Å²) in [5, 5.41) is 0. The van der Waals surface area contributed by atoms with Crippen LogP contribution in [-0.4, -0.2) is 18.8 Å². The Hall–Kier alpha value is -0.0800. The largest absolute Gasteiger partial charge is 0.378 e. The van der Waals surface area contributed by atoms with Crippen molar-refractivity contribution in [3.63, 3.8) is 0 Å². The third kappa shape index (κ3) is 4.97. The standard InChI is InChI=1S/C12H25NO/c1-12(2,3)8-9-14-11-6-4-10(13)5-7-11/h10-11H,4-9,13H2,1-3H3. The molecule has 1 rings (SSSR count). The van der Waals surface area contributed by atoms with Crippen molar-refractivity contribution in [1.82, 2.24) is 0 Å². The topological polar surface area (TPSA) is 35.2 Å². The minimum absolute atomic E-state index is 0.394. The van der Waals surface area contributed by atoms with Crippen molar-refractivity contribution in [2.45, 2.75) is 65.0 Å². The van der Waals surface area contributed by atoms with Gasteiger partial charge in [-0.2, -0.15) is 0 Å². The highest BCUT2D eigenvalue weighted by Crippen LogP contribution is 2.22. The predicted octanol–water partition coefficient (Wildman–Crippen LogP) is 2.71. The molecule has 0 radical (unpaired) electrons. The molecule has 0 aromatic rings. The Bertz CT molecular complexity index is 154. The lowest BCUT2D eigenvalue weighted by molar-refractivity contribution is 0.0130. The van der Waals surface area contributed by atoms with E-state index in [0.717, 1.165) is 38.7 Å². The SMILES string of the molecule is CC(C)(C)CCOC1CCC(N)CC1. The Balaban J connectivity index is 2.08. The molecule has 2 N–H and O–H groups in total. The minimum atomic E-state index is 0.394. The number of ether oxygens (including phenoxy) is 1. The normalized spacial score (nSPS) is 29.1. The molecule has 0 aromatic carbocycles. The second-order valence-corrected chi connectivity index (χ2v) is 5.72. The molecular formula is C12H25NO. The summed E-state index contributed by atoms with van der Waals surface area (Å²) in [6, 6.07) is 0.428. The van der Waals surface area contributed by atoms with Crippen LogP contribution < -0.4 is 5.73 Å². The first kappa shape index (κ1) is 12.0. The number of hydrogen-bond acceptors (Lipinski definition) is 2. The summed E-state index contributed by atoms with van der Waals surface area (Å²) >= 11 is 0. The molecule has 0 amide bonds. The zero-order valence-corrected chi connectivity index (χ0v) is 9.88. The Morgan fingerprint density at radius 1 is 1.14 bits per heavy atom. The van der Waals surface area contributed by atoms with Crippen LogP contribution in [0.25, 0.3) is 0 Å². The quantitative estimate of drug-likeness (QED) is 0.758. The van der Waals surface area contributed by atoms with Gasteiger partial charge in [0.1, 0.15) is 0 Å². The molecule has 0 atom stereocenters. The molecular weight excluding hydrogens is 174 g/mol. The molecule has 14 heavy (non-hydrogen) atoms. The van der Waals surface area contributed by atoms with E-state index in [2.05, 4.69) is 20.8 Å². The molecule has 1 fully saturated rings. The van der Waals surface area contributed by atoms with Gasteiger partial charge in [0.05, 0.1) is 6.10 Å². The lowest BCUT2D eigenvalue weighted by atomic mass is 9.92. The molecule has 0 spiro atoms. The van der Waals surface area contributed by atoms with Gasteiger partial charge in [-0.3, -0.25) is 0 Å². The maximum atomic E-state index is 5.85. The van der Waals surface area contributed by atoms with Crippen LogP contribution in [0.3, 0.4) is 0 Å². The fourth-order valence-corrected chi connectivity index (χ4v) is 1.79. The van der Waals surface area contributed by atoms with E-state index in [9.17, 15) is 0 Å². The van der Waals surface area contributed by atoms with Crippen LogP contribution in [-0.2, 0) is 4.74 Å². The first-order valence-corrected chi connectivity index (χ1v) is 5.84. The van der Waals surface area contributed by atoms with Crippen LogP contribution in [0.5, 0.6) is 0 Å². The summed E-state index contributed by atoms with van der Waals surface area (Å²) in [6.45, 7) is 7.68. The maximum absolute atomic E-state index is 5.85. The van der Waals surface area contributed by atoms with Crippen molar-refractivity contribution >= 4 is 0 Å². The summed E-state index contributed by atoms with van der Waals surface area (Å²) in [5.41, 5.74) is 6.23. The molecule has 84 valence electrons. The summed E-state index contributed by atoms with van der Waals surface area (Å²) in [7, 11) is 0. The van der Waals surface area contributed by atoms with E-state index in [1.807, 2.05) is 0 Å². The van der Waals surface area contributed by atoms with Crippen LogP contribution in [0.2, 0.25) is 0 Å². The molecule has 1 saturated carbocycles. The Morgan fingerprint density at radius 3 is 2.21 bits per heavy atom. The lowest BCUT2D eigenvalue weighted by Gasteiger charge is -2.27. The van der Waals surface area contributed by atoms with Gasteiger partial charge < -0.3 is 10.5 Å². The van der Waals surface area contributed by atoms with E-state index >= 15 is 0 Å². The van der Waals surface area contributed by atoms with Gasteiger partial charge in [0.25, 0.3) is 0 Å². The zero-order chi connectivity index (χ0) is 10.6. The van der Waals surface area contributed by atoms with Gasteiger partial charge in [0.15, 0.2) is 0 Å². The fraction of sp³-hybridized carbons (Fsp3) is 1.00. The van der Waals surface area contributed by atoms with E-state index < -0.39 is 0 Å². The summed E-state index contributed by atoms with van der Waals surface area (Å²) < 4.78 is 5.85. The Kier molecular flexibility index (Phi) is 4.39. The molecule has 0 unspecified atom stereocenters. The average Bonchev–Trinajstić information content (AvgIpc) is 2.06. The lowest BCUT2D eigenvalue weighted by Crippen LogP contribution is -2.30. The third-order valence-electron chi connectivity index (χ3n) is 2.92. The van der Waals surface area contributed by atoms with Crippen LogP contribution in [0.4, 0.5) is 0 Å². The van der Waals surface area contributed by atoms with Crippen molar-refractivity contribution in [2.24, 2.45) is 11.1 Å². The van der Waals surface area contributed by atoms with E-state index in [0.29, 0.717) is 17.6 Å². The van der Waals surface area contributed by atoms with Crippen molar-refractivity contribution in [3.05, 3.63) is 0 Å². The van der Waals surface area contributed by atoms with Crippen molar-refractivity contribution in [2.75, 3.05) is 6.61 Å². The van der Waals surface area contributed by atoms with E-state index in [4.69, 9.17) is 10.5 Å². The molecule has 0 saturated heterocycles. The smallest absolute Gasteiger partial charge is 0.0576 e. The summed E-state index contributed by atoms with van der Waals surface area (Å²) in [5.74, 6) is 0. The van der Waals surface area contributed by atoms with Gasteiger partial charge in [-0.25, -0.2) is 0 Å². The van der Waals surface area contributed by atoms with Gasteiger partial charge in [0.2, 0.25) is 0 Å². The molecule has 0 aliphatic heterocycles. The molecule has 2 nitrogen and oxygen atoms in total. The van der Waals surface area contributed by atoms with Crippen molar-refractivity contribution in [1.29, 1.82) is 0 Å². The van der Waals surface area contributed by atoms with Crippen molar-refractivity contribution < 1.29 is 4.74 Å². The highest BCUT2D eigenvalue weighted by Gasteiger charge is 2.19. The molecule has 1 aliphatic rings. The minimum Gasteiger partial charge on any atom is -0.378 e. The molecule has 0 heterocycles. The molecule has 1 aliphatic carbocycles. The maximum Gasteiger partial charge on any atom is 0.0576 e. The Labute approximate surface area is 88.2 Å². The van der Waals surface area contributed by atoms with Crippen LogP contribution >= 0.6 is 0 Å². The second-order valence-electron chi connectivity index (χ2n) is 5.72. The van der Waals surface area contributed by atoms with E-state index in [-0.39, 0.29) is 0 Å². The van der Waals surface area contributed by atoms with Gasteiger partial charge in [-0.05, 0) is 37.5 Å². The average molecular weight is 199 g/mol. The van der Waals surface area contributed by atoms with Crippen molar-refractivity contribution in [3.8, 4) is 0 Å². The summed E-state index contributed by atoms with van der Waals surface area (Å²) in [6.07, 6.45) is 6.23. The van der Waals surface area contributed by atoms with Gasteiger partial charge in [-0.1, -0.05) is 20.8 Å². The Morgan fingerprint density at radius 2 is 1.71 bits per heavy atom. The molecule has 2 heteroatoms. The zero-order valence-electron chi connectivity index (χ0n) is 9.88. The predicted molar refractivity (Wildman–Crippen MR) is 60.3 cm³/mol. The monoisotopic (exact) mass is 199 g/mol. The van der Waals surface area contributed by atoms with Gasteiger partial charge in [-0.15, -0.1) is 0 Å². The first-order chi connectivity index (χ1) is 6.47. The number of nitrogens with two attached hydrogens (primary N) is 1. The van der Waals surface area contributed by atoms with Crippen LogP contribution in [0, 0.1) is 5.41 Å². The second kappa shape index (κ2) is 5.13. The highest BCUT2D eigenvalue weighted by atomic mass is 16.5.